The predicted molar refractivity (Wildman–Crippen MR) is 131 cm³/mol. The van der Waals surface area contributed by atoms with Gasteiger partial charge in [0.05, 0.1) is 24.5 Å². The lowest BCUT2D eigenvalue weighted by atomic mass is 9.92. The fraction of sp³-hybridized carbons (Fsp3) is 0.286. The first-order chi connectivity index (χ1) is 17.1. The molecule has 0 unspecified atom stereocenters. The number of hydrogen-bond acceptors (Lipinski definition) is 6. The van der Waals surface area contributed by atoms with E-state index in [0.717, 1.165) is 22.5 Å². The van der Waals surface area contributed by atoms with Gasteiger partial charge in [0, 0.05) is 24.6 Å². The van der Waals surface area contributed by atoms with Crippen LogP contribution < -0.4 is 4.74 Å². The first-order valence-electron chi connectivity index (χ1n) is 11.6. The van der Waals surface area contributed by atoms with E-state index in [1.807, 2.05) is 79.0 Å². The summed E-state index contributed by atoms with van der Waals surface area (Å²) < 4.78 is 26.3. The third kappa shape index (κ3) is 4.40. The van der Waals surface area contributed by atoms with E-state index in [-0.39, 0.29) is 0 Å². The zero-order valence-electron chi connectivity index (χ0n) is 20.0. The molecule has 180 valence electrons. The lowest BCUT2D eigenvalue weighted by Crippen LogP contribution is -2.40. The minimum atomic E-state index is -0.728. The van der Waals surface area contributed by atoms with Crippen LogP contribution in [0.1, 0.15) is 45.1 Å². The summed E-state index contributed by atoms with van der Waals surface area (Å²) in [5.74, 6) is 0.199. The average Bonchev–Trinajstić information content (AvgIpc) is 3.19. The molecule has 1 aliphatic rings. The molecule has 5 rings (SSSR count). The molecule has 0 N–H and O–H groups in total. The smallest absolute Gasteiger partial charge is 0.338 e. The lowest BCUT2D eigenvalue weighted by Gasteiger charge is -2.39. The molecule has 0 radical (unpaired) electrons. The van der Waals surface area contributed by atoms with Crippen molar-refractivity contribution in [1.29, 1.82) is 0 Å². The highest BCUT2D eigenvalue weighted by Crippen LogP contribution is 2.46. The number of esters is 1. The van der Waals surface area contributed by atoms with Gasteiger partial charge in [0.15, 0.2) is 23.6 Å². The van der Waals surface area contributed by atoms with Crippen LogP contribution in [-0.2, 0) is 14.2 Å². The minimum absolute atomic E-state index is 0.333. The van der Waals surface area contributed by atoms with Gasteiger partial charge in [-0.3, -0.25) is 0 Å². The van der Waals surface area contributed by atoms with Gasteiger partial charge in [-0.1, -0.05) is 48.5 Å². The fourth-order valence-electron chi connectivity index (χ4n) is 4.44. The maximum atomic E-state index is 13.2. The van der Waals surface area contributed by atoms with Crippen molar-refractivity contribution < 1.29 is 23.7 Å². The maximum Gasteiger partial charge on any atom is 0.338 e. The molecule has 1 aliphatic heterocycles. The molecule has 0 saturated carbocycles. The largest absolute Gasteiger partial charge is 0.477 e. The molecule has 0 saturated heterocycles. The number of pyridine rings is 1. The Morgan fingerprint density at radius 3 is 2.43 bits per heavy atom. The molecule has 0 fully saturated rings. The van der Waals surface area contributed by atoms with E-state index in [9.17, 15) is 4.79 Å². The van der Waals surface area contributed by atoms with Gasteiger partial charge in [-0.05, 0) is 37.6 Å². The molecule has 2 aromatic heterocycles. The molecule has 2 aromatic carbocycles. The Hall–Kier alpha value is -3.68. The van der Waals surface area contributed by atoms with Gasteiger partial charge in [-0.25, -0.2) is 9.78 Å². The van der Waals surface area contributed by atoms with Gasteiger partial charge < -0.3 is 23.3 Å². The molecule has 7 nitrogen and oxygen atoms in total. The number of rotatable bonds is 7. The van der Waals surface area contributed by atoms with Crippen LogP contribution in [0.5, 0.6) is 5.75 Å². The maximum absolute atomic E-state index is 13.2. The molecule has 3 atom stereocenters. The highest BCUT2D eigenvalue weighted by molar-refractivity contribution is 5.89. The number of carbonyl (C=O) groups is 1. The van der Waals surface area contributed by atoms with Crippen LogP contribution >= 0.6 is 0 Å². The Morgan fingerprint density at radius 1 is 1.00 bits per heavy atom. The highest BCUT2D eigenvalue weighted by Gasteiger charge is 2.44. The Labute approximate surface area is 204 Å². The molecule has 0 aliphatic carbocycles. The Bertz CT molecular complexity index is 1320. The molecule has 7 heteroatoms. The lowest BCUT2D eigenvalue weighted by molar-refractivity contribution is -0.115. The van der Waals surface area contributed by atoms with E-state index in [0.29, 0.717) is 30.2 Å². The van der Waals surface area contributed by atoms with Crippen molar-refractivity contribution in [3.63, 3.8) is 0 Å². The zero-order valence-corrected chi connectivity index (χ0v) is 20.0. The predicted octanol–water partition coefficient (Wildman–Crippen LogP) is 5.01. The quantitative estimate of drug-likeness (QED) is 0.278. The molecule has 3 heterocycles. The van der Waals surface area contributed by atoms with Gasteiger partial charge in [-0.15, -0.1) is 0 Å². The molecule has 35 heavy (non-hydrogen) atoms. The standard InChI is InChI=1S/C28H28N2O5/c1-18-19(2)30-15-14-22-24(33-17-16-32-3)26(35-28(31)21-12-8-5-9-13-21)23(20-10-6-4-7-11-20)34-25(22)27(30)29-18/h4-15,23-24,26H,16-17H2,1-3H3/t23-,24+,26+/m1/s1. The normalized spacial score (nSPS) is 19.2. The number of hydrogen-bond donors (Lipinski definition) is 0. The van der Waals surface area contributed by atoms with Crippen LogP contribution in [0.15, 0.2) is 72.9 Å². The summed E-state index contributed by atoms with van der Waals surface area (Å²) in [6, 6.07) is 20.7. The second-order valence-corrected chi connectivity index (χ2v) is 8.55. The van der Waals surface area contributed by atoms with E-state index < -0.39 is 24.3 Å². The summed E-state index contributed by atoms with van der Waals surface area (Å²) in [6.07, 6.45) is 0.0638. The monoisotopic (exact) mass is 472 g/mol. The number of fused-ring (bicyclic) bond motifs is 3. The summed E-state index contributed by atoms with van der Waals surface area (Å²) in [5, 5.41) is 0. The van der Waals surface area contributed by atoms with Crippen LogP contribution in [0, 0.1) is 13.8 Å². The van der Waals surface area contributed by atoms with Gasteiger partial charge in [0.2, 0.25) is 0 Å². The number of ether oxygens (including phenoxy) is 4. The number of benzene rings is 2. The summed E-state index contributed by atoms with van der Waals surface area (Å²) in [4.78, 5) is 17.9. The van der Waals surface area contributed by atoms with Crippen LogP contribution in [-0.4, -0.2) is 41.8 Å². The summed E-state index contributed by atoms with van der Waals surface area (Å²) in [5.41, 5.74) is 4.82. The van der Waals surface area contributed by atoms with Crippen LogP contribution in [0.3, 0.4) is 0 Å². The van der Waals surface area contributed by atoms with E-state index in [4.69, 9.17) is 23.9 Å². The average molecular weight is 473 g/mol. The topological polar surface area (TPSA) is 71.3 Å². The van der Waals surface area contributed by atoms with E-state index in [1.54, 1.807) is 19.2 Å². The molecule has 0 bridgehead atoms. The van der Waals surface area contributed by atoms with Crippen molar-refractivity contribution in [2.45, 2.75) is 32.2 Å². The van der Waals surface area contributed by atoms with Gasteiger partial charge in [0.25, 0.3) is 0 Å². The zero-order chi connectivity index (χ0) is 24.4. The Morgan fingerprint density at radius 2 is 1.71 bits per heavy atom. The van der Waals surface area contributed by atoms with Crippen molar-refractivity contribution in [2.24, 2.45) is 0 Å². The molecule has 0 amide bonds. The van der Waals surface area contributed by atoms with Crippen LogP contribution in [0.25, 0.3) is 5.65 Å². The van der Waals surface area contributed by atoms with E-state index in [2.05, 4.69) is 0 Å². The number of methoxy groups -OCH3 is 1. The van der Waals surface area contributed by atoms with Crippen LogP contribution in [0.4, 0.5) is 0 Å². The van der Waals surface area contributed by atoms with Gasteiger partial charge >= 0.3 is 5.97 Å². The SMILES string of the molecule is COCCO[C@H]1c2ccn3c(C)c(C)nc3c2O[C@H](c2ccccc2)[C@@H]1OC(=O)c1ccccc1. The molecule has 4 aromatic rings. The van der Waals surface area contributed by atoms with Gasteiger partial charge in [-0.2, -0.15) is 0 Å². The van der Waals surface area contributed by atoms with E-state index >= 15 is 0 Å². The second-order valence-electron chi connectivity index (χ2n) is 8.55. The van der Waals surface area contributed by atoms with Crippen molar-refractivity contribution in [2.75, 3.05) is 20.3 Å². The fourth-order valence-corrected chi connectivity index (χ4v) is 4.44. The number of nitrogens with zero attached hydrogens (tertiary/aromatic N) is 2. The summed E-state index contributed by atoms with van der Waals surface area (Å²) >= 11 is 0. The molecule has 0 spiro atoms. The van der Waals surface area contributed by atoms with E-state index in [1.165, 1.54) is 0 Å². The Kier molecular flexibility index (Phi) is 6.53. The minimum Gasteiger partial charge on any atom is -0.477 e. The third-order valence-corrected chi connectivity index (χ3v) is 6.37. The third-order valence-electron chi connectivity index (χ3n) is 6.37. The highest BCUT2D eigenvalue weighted by atomic mass is 16.6. The van der Waals surface area contributed by atoms with Crippen molar-refractivity contribution >= 4 is 11.6 Å². The van der Waals surface area contributed by atoms with Crippen molar-refractivity contribution in [1.82, 2.24) is 9.38 Å². The number of aryl methyl sites for hydroxylation is 2. The van der Waals surface area contributed by atoms with Crippen molar-refractivity contribution in [3.8, 4) is 5.75 Å². The number of carbonyl (C=O) groups excluding carboxylic acids is 1. The number of imidazole rings is 1. The van der Waals surface area contributed by atoms with Gasteiger partial charge in [0.1, 0.15) is 6.10 Å². The summed E-state index contributed by atoms with van der Waals surface area (Å²) in [6.45, 7) is 4.74. The van der Waals surface area contributed by atoms with Crippen LogP contribution in [0.2, 0.25) is 0 Å². The first-order valence-corrected chi connectivity index (χ1v) is 11.6. The number of aromatic nitrogens is 2. The summed E-state index contributed by atoms with van der Waals surface area (Å²) in [7, 11) is 1.63. The molecular weight excluding hydrogens is 444 g/mol. The first kappa shape index (κ1) is 23.1. The Balaban J connectivity index is 1.63. The molecular formula is C28H28N2O5. The second kappa shape index (κ2) is 9.90. The van der Waals surface area contributed by atoms with Crippen molar-refractivity contribution in [3.05, 3.63) is 101 Å².